The Bertz CT molecular complexity index is 566. The van der Waals surface area contributed by atoms with Gasteiger partial charge in [0.1, 0.15) is 18.8 Å². The number of nitrogens with zero attached hydrogens (tertiary/aromatic N) is 1. The van der Waals surface area contributed by atoms with Gasteiger partial charge in [0.05, 0.1) is 31.9 Å². The molecule has 1 aromatic rings. The molecule has 2 heterocycles. The van der Waals surface area contributed by atoms with E-state index in [0.29, 0.717) is 25.5 Å². The van der Waals surface area contributed by atoms with Gasteiger partial charge in [0.25, 0.3) is 5.91 Å². The monoisotopic (exact) mass is 319 g/mol. The molecule has 0 unspecified atom stereocenters. The minimum absolute atomic E-state index is 0.103. The van der Waals surface area contributed by atoms with Gasteiger partial charge in [-0.3, -0.25) is 9.59 Å². The average molecular weight is 319 g/mol. The van der Waals surface area contributed by atoms with E-state index in [2.05, 4.69) is 0 Å². The zero-order valence-electron chi connectivity index (χ0n) is 13.4. The first-order valence-corrected chi connectivity index (χ1v) is 8.22. The first kappa shape index (κ1) is 16.0. The van der Waals surface area contributed by atoms with Crippen molar-refractivity contribution < 1.29 is 24.0 Å². The normalized spacial score (nSPS) is 22.7. The van der Waals surface area contributed by atoms with Gasteiger partial charge in [-0.25, -0.2) is 4.90 Å². The van der Waals surface area contributed by atoms with Crippen LogP contribution in [0, 0.1) is 0 Å². The second-order valence-electron chi connectivity index (χ2n) is 5.94. The second-order valence-corrected chi connectivity index (χ2v) is 5.94. The lowest BCUT2D eigenvalue weighted by molar-refractivity contribution is -0.922. The van der Waals surface area contributed by atoms with Crippen molar-refractivity contribution in [3.63, 3.8) is 0 Å². The van der Waals surface area contributed by atoms with Crippen molar-refractivity contribution in [3.05, 3.63) is 24.3 Å². The summed E-state index contributed by atoms with van der Waals surface area (Å²) in [5.74, 6) is 0.528. The largest absolute Gasteiger partial charge is 0.494 e. The molecule has 0 aliphatic carbocycles. The van der Waals surface area contributed by atoms with Crippen LogP contribution in [0.15, 0.2) is 24.3 Å². The van der Waals surface area contributed by atoms with Gasteiger partial charge in [-0.1, -0.05) is 6.92 Å². The molecule has 0 bridgehead atoms. The van der Waals surface area contributed by atoms with E-state index in [4.69, 9.17) is 9.47 Å². The molecule has 0 saturated carbocycles. The van der Waals surface area contributed by atoms with E-state index in [1.54, 1.807) is 24.3 Å². The van der Waals surface area contributed by atoms with Crippen molar-refractivity contribution in [1.29, 1.82) is 0 Å². The SMILES string of the molecule is CCCOc1ccc(N2C(=O)C[C@H]([NH+]3CCOCC3)C2=O)cc1. The number of hydrogen-bond acceptors (Lipinski definition) is 4. The number of rotatable bonds is 5. The molecule has 2 saturated heterocycles. The number of morpholine rings is 1. The molecule has 6 nitrogen and oxygen atoms in total. The molecule has 1 atom stereocenters. The van der Waals surface area contributed by atoms with E-state index in [9.17, 15) is 9.59 Å². The van der Waals surface area contributed by atoms with Gasteiger partial charge in [0.15, 0.2) is 6.04 Å². The van der Waals surface area contributed by atoms with E-state index >= 15 is 0 Å². The Balaban J connectivity index is 1.71. The smallest absolute Gasteiger partial charge is 0.292 e. The van der Waals surface area contributed by atoms with Gasteiger partial charge in [0, 0.05) is 0 Å². The van der Waals surface area contributed by atoms with E-state index in [1.165, 1.54) is 4.90 Å². The molecule has 0 spiro atoms. The Labute approximate surface area is 136 Å². The molecule has 0 radical (unpaired) electrons. The fraction of sp³-hybridized carbons (Fsp3) is 0.529. The predicted molar refractivity (Wildman–Crippen MR) is 84.6 cm³/mol. The third-order valence-electron chi connectivity index (χ3n) is 4.34. The summed E-state index contributed by atoms with van der Waals surface area (Å²) >= 11 is 0. The van der Waals surface area contributed by atoms with Gasteiger partial charge in [0.2, 0.25) is 5.91 Å². The fourth-order valence-corrected chi connectivity index (χ4v) is 3.12. The van der Waals surface area contributed by atoms with Crippen LogP contribution in [0.4, 0.5) is 5.69 Å². The predicted octanol–water partition coefficient (Wildman–Crippen LogP) is 0.0224. The molecule has 1 aromatic carbocycles. The van der Waals surface area contributed by atoms with Crippen LogP contribution >= 0.6 is 0 Å². The number of benzene rings is 1. The van der Waals surface area contributed by atoms with Crippen molar-refractivity contribution in [1.82, 2.24) is 0 Å². The maximum Gasteiger partial charge on any atom is 0.292 e. The van der Waals surface area contributed by atoms with Crippen LogP contribution < -0.4 is 14.5 Å². The van der Waals surface area contributed by atoms with Gasteiger partial charge in [-0.15, -0.1) is 0 Å². The molecular formula is C17H23N2O4+. The summed E-state index contributed by atoms with van der Waals surface area (Å²) in [4.78, 5) is 27.5. The van der Waals surface area contributed by atoms with Crippen LogP contribution in [0.25, 0.3) is 0 Å². The summed E-state index contributed by atoms with van der Waals surface area (Å²) in [6, 6.07) is 6.89. The Hall–Kier alpha value is -1.92. The number of carbonyl (C=O) groups is 2. The highest BCUT2D eigenvalue weighted by Crippen LogP contribution is 2.24. The lowest BCUT2D eigenvalue weighted by Crippen LogP contribution is -3.18. The number of amides is 2. The topological polar surface area (TPSA) is 60.3 Å². The molecule has 23 heavy (non-hydrogen) atoms. The highest BCUT2D eigenvalue weighted by Gasteiger charge is 2.46. The molecule has 6 heteroatoms. The summed E-state index contributed by atoms with van der Waals surface area (Å²) < 4.78 is 10.9. The fourth-order valence-electron chi connectivity index (χ4n) is 3.12. The van der Waals surface area contributed by atoms with E-state index in [0.717, 1.165) is 30.2 Å². The Morgan fingerprint density at radius 2 is 1.91 bits per heavy atom. The molecule has 2 fully saturated rings. The maximum absolute atomic E-state index is 12.7. The first-order valence-electron chi connectivity index (χ1n) is 8.22. The average Bonchev–Trinajstić information content (AvgIpc) is 2.89. The minimum Gasteiger partial charge on any atom is -0.494 e. The van der Waals surface area contributed by atoms with Crippen LogP contribution in [-0.2, 0) is 14.3 Å². The Kier molecular flexibility index (Phi) is 4.93. The maximum atomic E-state index is 12.7. The molecule has 2 amide bonds. The summed E-state index contributed by atoms with van der Waals surface area (Å²) in [5, 5.41) is 0. The number of hydrogen-bond donors (Lipinski definition) is 1. The Morgan fingerprint density at radius 1 is 1.22 bits per heavy atom. The van der Waals surface area contributed by atoms with Crippen LogP contribution in [0.3, 0.4) is 0 Å². The zero-order valence-corrected chi connectivity index (χ0v) is 13.4. The van der Waals surface area contributed by atoms with Crippen molar-refractivity contribution in [2.24, 2.45) is 0 Å². The van der Waals surface area contributed by atoms with Gasteiger partial charge in [-0.2, -0.15) is 0 Å². The number of quaternary nitrogens is 1. The van der Waals surface area contributed by atoms with E-state index in [1.807, 2.05) is 6.92 Å². The summed E-state index contributed by atoms with van der Waals surface area (Å²) in [5.41, 5.74) is 0.624. The van der Waals surface area contributed by atoms with Gasteiger partial charge >= 0.3 is 0 Å². The molecule has 0 aromatic heterocycles. The molecule has 1 N–H and O–H groups in total. The van der Waals surface area contributed by atoms with Crippen LogP contribution in [0.5, 0.6) is 5.75 Å². The van der Waals surface area contributed by atoms with Crippen molar-refractivity contribution in [2.75, 3.05) is 37.8 Å². The third-order valence-corrected chi connectivity index (χ3v) is 4.34. The number of ether oxygens (including phenoxy) is 2. The quantitative estimate of drug-likeness (QED) is 0.778. The van der Waals surface area contributed by atoms with Gasteiger partial charge in [-0.05, 0) is 30.7 Å². The molecule has 2 aliphatic rings. The zero-order chi connectivity index (χ0) is 16.2. The number of nitrogens with one attached hydrogen (secondary N) is 1. The number of imide groups is 1. The van der Waals surface area contributed by atoms with Crippen LogP contribution in [-0.4, -0.2) is 50.8 Å². The summed E-state index contributed by atoms with van der Waals surface area (Å²) in [7, 11) is 0. The minimum atomic E-state index is -0.276. The lowest BCUT2D eigenvalue weighted by Gasteiger charge is -2.27. The lowest BCUT2D eigenvalue weighted by atomic mass is 10.2. The Morgan fingerprint density at radius 3 is 2.57 bits per heavy atom. The highest BCUT2D eigenvalue weighted by atomic mass is 16.5. The first-order chi connectivity index (χ1) is 11.2. The molecular weight excluding hydrogens is 296 g/mol. The van der Waals surface area contributed by atoms with Crippen molar-refractivity contribution in [2.45, 2.75) is 25.8 Å². The van der Waals surface area contributed by atoms with Crippen molar-refractivity contribution in [3.8, 4) is 5.75 Å². The molecule has 124 valence electrons. The summed E-state index contributed by atoms with van der Waals surface area (Å²) in [6.45, 7) is 5.56. The van der Waals surface area contributed by atoms with E-state index < -0.39 is 0 Å². The third kappa shape index (κ3) is 3.38. The standard InChI is InChI=1S/C17H22N2O4/c1-2-9-23-14-5-3-13(4-6-14)19-16(20)12-15(17(19)21)18-7-10-22-11-8-18/h3-6,15H,2,7-12H2,1H3/p+1/t15-/m0/s1. The summed E-state index contributed by atoms with van der Waals surface area (Å²) in [6.07, 6.45) is 1.22. The molecule has 2 aliphatic heterocycles. The highest BCUT2D eigenvalue weighted by molar-refractivity contribution is 6.21. The number of anilines is 1. The molecule has 3 rings (SSSR count). The van der Waals surface area contributed by atoms with Crippen LogP contribution in [0.1, 0.15) is 19.8 Å². The van der Waals surface area contributed by atoms with Crippen LogP contribution in [0.2, 0.25) is 0 Å². The van der Waals surface area contributed by atoms with Crippen molar-refractivity contribution >= 4 is 17.5 Å². The van der Waals surface area contributed by atoms with E-state index in [-0.39, 0.29) is 24.3 Å². The second kappa shape index (κ2) is 7.10. The van der Waals surface area contributed by atoms with Gasteiger partial charge < -0.3 is 14.4 Å². The number of carbonyl (C=O) groups excluding carboxylic acids is 2.